The predicted octanol–water partition coefficient (Wildman–Crippen LogP) is 2.68. The molecule has 0 spiro atoms. The molecule has 0 N–H and O–H groups in total. The Labute approximate surface area is 165 Å². The Balaban J connectivity index is 1.41. The van der Waals surface area contributed by atoms with E-state index in [1.54, 1.807) is 24.3 Å². The third kappa shape index (κ3) is 5.48. The van der Waals surface area contributed by atoms with Crippen molar-refractivity contribution in [2.75, 3.05) is 39.4 Å². The van der Waals surface area contributed by atoms with Gasteiger partial charge in [0.2, 0.25) is 0 Å². The van der Waals surface area contributed by atoms with E-state index >= 15 is 0 Å². The van der Waals surface area contributed by atoms with Crippen LogP contribution in [0.2, 0.25) is 0 Å². The van der Waals surface area contributed by atoms with Gasteiger partial charge in [0, 0.05) is 32.7 Å². The fourth-order valence-electron chi connectivity index (χ4n) is 3.13. The van der Waals surface area contributed by atoms with Crippen LogP contribution in [0.1, 0.15) is 18.1 Å². The lowest BCUT2D eigenvalue weighted by Crippen LogP contribution is -2.49. The Morgan fingerprint density at radius 3 is 2.18 bits per heavy atom. The standard InChI is InChI=1S/C22H25N3O3/c1-2-27-20-9-5-19(6-10-20)16-24-11-13-25(14-12-24)22(26)17-28-21-7-3-18(15-23)4-8-21/h3-10H,2,11-14,16-17H2,1H3. The molecule has 1 saturated heterocycles. The van der Waals surface area contributed by atoms with E-state index in [4.69, 9.17) is 14.7 Å². The summed E-state index contributed by atoms with van der Waals surface area (Å²) in [7, 11) is 0. The van der Waals surface area contributed by atoms with Gasteiger partial charge in [-0.1, -0.05) is 12.1 Å². The molecule has 6 heteroatoms. The van der Waals surface area contributed by atoms with Crippen molar-refractivity contribution in [2.24, 2.45) is 0 Å². The molecule has 1 aliphatic rings. The second-order valence-corrected chi connectivity index (χ2v) is 6.66. The van der Waals surface area contributed by atoms with Crippen molar-refractivity contribution in [3.8, 4) is 17.6 Å². The molecule has 0 atom stereocenters. The largest absolute Gasteiger partial charge is 0.494 e. The van der Waals surface area contributed by atoms with Gasteiger partial charge in [0.05, 0.1) is 18.2 Å². The number of carbonyl (C=O) groups is 1. The number of hydrogen-bond donors (Lipinski definition) is 0. The molecule has 28 heavy (non-hydrogen) atoms. The Morgan fingerprint density at radius 2 is 1.57 bits per heavy atom. The highest BCUT2D eigenvalue weighted by atomic mass is 16.5. The van der Waals surface area contributed by atoms with Gasteiger partial charge in [-0.2, -0.15) is 5.26 Å². The molecule has 3 rings (SSSR count). The third-order valence-electron chi connectivity index (χ3n) is 4.71. The highest BCUT2D eigenvalue weighted by molar-refractivity contribution is 5.77. The molecule has 2 aromatic rings. The van der Waals surface area contributed by atoms with E-state index in [1.807, 2.05) is 24.0 Å². The van der Waals surface area contributed by atoms with Crippen molar-refractivity contribution >= 4 is 5.91 Å². The molecule has 1 aliphatic heterocycles. The highest BCUT2D eigenvalue weighted by Crippen LogP contribution is 2.15. The Kier molecular flexibility index (Phi) is 6.88. The molecule has 6 nitrogen and oxygen atoms in total. The summed E-state index contributed by atoms with van der Waals surface area (Å²) >= 11 is 0. The van der Waals surface area contributed by atoms with Crippen LogP contribution in [0.15, 0.2) is 48.5 Å². The third-order valence-corrected chi connectivity index (χ3v) is 4.71. The van der Waals surface area contributed by atoms with Crippen LogP contribution in [-0.2, 0) is 11.3 Å². The Morgan fingerprint density at radius 1 is 0.964 bits per heavy atom. The first kappa shape index (κ1) is 19.7. The molecule has 146 valence electrons. The van der Waals surface area contributed by atoms with E-state index < -0.39 is 0 Å². The summed E-state index contributed by atoms with van der Waals surface area (Å²) in [6, 6.07) is 17.0. The molecule has 0 saturated carbocycles. The molecule has 0 radical (unpaired) electrons. The van der Waals surface area contributed by atoms with Gasteiger partial charge in [-0.3, -0.25) is 9.69 Å². The number of nitriles is 1. The van der Waals surface area contributed by atoms with Crippen molar-refractivity contribution in [3.63, 3.8) is 0 Å². The zero-order chi connectivity index (χ0) is 19.8. The van der Waals surface area contributed by atoms with Crippen molar-refractivity contribution in [2.45, 2.75) is 13.5 Å². The quantitative estimate of drug-likeness (QED) is 0.740. The van der Waals surface area contributed by atoms with Crippen LogP contribution in [0.25, 0.3) is 0 Å². The molecule has 0 aromatic heterocycles. The first-order valence-corrected chi connectivity index (χ1v) is 9.53. The molecule has 0 aliphatic carbocycles. The van der Waals surface area contributed by atoms with Gasteiger partial charge in [0.15, 0.2) is 6.61 Å². The maximum atomic E-state index is 12.4. The van der Waals surface area contributed by atoms with E-state index in [-0.39, 0.29) is 12.5 Å². The van der Waals surface area contributed by atoms with Crippen molar-refractivity contribution in [1.82, 2.24) is 9.80 Å². The number of ether oxygens (including phenoxy) is 2. The average molecular weight is 379 g/mol. The minimum atomic E-state index is -0.00919. The summed E-state index contributed by atoms with van der Waals surface area (Å²) < 4.78 is 11.0. The predicted molar refractivity (Wildman–Crippen MR) is 106 cm³/mol. The SMILES string of the molecule is CCOc1ccc(CN2CCN(C(=O)COc3ccc(C#N)cc3)CC2)cc1. The van der Waals surface area contributed by atoms with Crippen LogP contribution in [0.5, 0.6) is 11.5 Å². The van der Waals surface area contributed by atoms with E-state index in [0.29, 0.717) is 31.0 Å². The molecule has 2 aromatic carbocycles. The van der Waals surface area contributed by atoms with E-state index in [1.165, 1.54) is 5.56 Å². The van der Waals surface area contributed by atoms with Gasteiger partial charge in [-0.25, -0.2) is 0 Å². The van der Waals surface area contributed by atoms with Crippen LogP contribution < -0.4 is 9.47 Å². The topological polar surface area (TPSA) is 65.8 Å². The molecule has 0 bridgehead atoms. The number of nitrogens with zero attached hydrogens (tertiary/aromatic N) is 3. The number of amides is 1. The van der Waals surface area contributed by atoms with Crippen LogP contribution in [-0.4, -0.2) is 55.1 Å². The molecule has 1 heterocycles. The second-order valence-electron chi connectivity index (χ2n) is 6.66. The normalized spacial score (nSPS) is 14.4. The minimum absolute atomic E-state index is 0.00919. The highest BCUT2D eigenvalue weighted by Gasteiger charge is 2.21. The molecule has 1 fully saturated rings. The second kappa shape index (κ2) is 9.77. The van der Waals surface area contributed by atoms with Gasteiger partial charge in [-0.05, 0) is 48.9 Å². The lowest BCUT2D eigenvalue weighted by Gasteiger charge is -2.34. The summed E-state index contributed by atoms with van der Waals surface area (Å²) in [5, 5.41) is 8.80. The Bertz CT molecular complexity index is 804. The number of hydrogen-bond acceptors (Lipinski definition) is 5. The van der Waals surface area contributed by atoms with Crippen LogP contribution in [0.3, 0.4) is 0 Å². The van der Waals surface area contributed by atoms with Gasteiger partial charge < -0.3 is 14.4 Å². The fraction of sp³-hybridized carbons (Fsp3) is 0.364. The van der Waals surface area contributed by atoms with Crippen molar-refractivity contribution in [1.29, 1.82) is 5.26 Å². The molecular formula is C22H25N3O3. The first-order valence-electron chi connectivity index (χ1n) is 9.53. The summed E-state index contributed by atoms with van der Waals surface area (Å²) in [4.78, 5) is 16.6. The summed E-state index contributed by atoms with van der Waals surface area (Å²) in [5.41, 5.74) is 1.81. The number of piperazine rings is 1. The zero-order valence-corrected chi connectivity index (χ0v) is 16.1. The maximum absolute atomic E-state index is 12.4. The van der Waals surface area contributed by atoms with E-state index in [0.717, 1.165) is 25.4 Å². The number of benzene rings is 2. The lowest BCUT2D eigenvalue weighted by atomic mass is 10.2. The van der Waals surface area contributed by atoms with Gasteiger partial charge in [0.1, 0.15) is 11.5 Å². The van der Waals surface area contributed by atoms with E-state index in [9.17, 15) is 4.79 Å². The zero-order valence-electron chi connectivity index (χ0n) is 16.1. The monoisotopic (exact) mass is 379 g/mol. The average Bonchev–Trinajstić information content (AvgIpc) is 2.74. The Hall–Kier alpha value is -3.04. The number of rotatable bonds is 7. The molecule has 1 amide bonds. The van der Waals surface area contributed by atoms with Crippen LogP contribution in [0.4, 0.5) is 0 Å². The lowest BCUT2D eigenvalue weighted by molar-refractivity contribution is -0.135. The smallest absolute Gasteiger partial charge is 0.260 e. The van der Waals surface area contributed by atoms with Gasteiger partial charge in [-0.15, -0.1) is 0 Å². The first-order chi connectivity index (χ1) is 13.7. The summed E-state index contributed by atoms with van der Waals surface area (Å²) in [5.74, 6) is 1.48. The number of carbonyl (C=O) groups excluding carboxylic acids is 1. The molecule has 0 unspecified atom stereocenters. The van der Waals surface area contributed by atoms with E-state index in [2.05, 4.69) is 23.1 Å². The summed E-state index contributed by atoms with van der Waals surface area (Å²) in [6.07, 6.45) is 0. The van der Waals surface area contributed by atoms with Crippen LogP contribution in [0, 0.1) is 11.3 Å². The van der Waals surface area contributed by atoms with Crippen LogP contribution >= 0.6 is 0 Å². The fourth-order valence-corrected chi connectivity index (χ4v) is 3.13. The summed E-state index contributed by atoms with van der Waals surface area (Å²) in [6.45, 7) is 6.63. The van der Waals surface area contributed by atoms with Crippen molar-refractivity contribution in [3.05, 3.63) is 59.7 Å². The maximum Gasteiger partial charge on any atom is 0.260 e. The van der Waals surface area contributed by atoms with Gasteiger partial charge in [0.25, 0.3) is 5.91 Å². The van der Waals surface area contributed by atoms with Crippen molar-refractivity contribution < 1.29 is 14.3 Å². The molecular weight excluding hydrogens is 354 g/mol. The van der Waals surface area contributed by atoms with Gasteiger partial charge >= 0.3 is 0 Å². The minimum Gasteiger partial charge on any atom is -0.494 e.